The van der Waals surface area contributed by atoms with Gasteiger partial charge in [0.2, 0.25) is 0 Å². The fourth-order valence-electron chi connectivity index (χ4n) is 1.01. The van der Waals surface area contributed by atoms with Gasteiger partial charge >= 0.3 is 0 Å². The quantitative estimate of drug-likeness (QED) is 0.857. The highest BCUT2D eigenvalue weighted by Gasteiger charge is 2.03. The van der Waals surface area contributed by atoms with Crippen LogP contribution in [-0.4, -0.2) is 11.6 Å². The maximum atomic E-state index is 5.53. The van der Waals surface area contributed by atoms with Gasteiger partial charge in [0.05, 0.1) is 6.61 Å². The Balaban J connectivity index is 2.83. The predicted octanol–water partition coefficient (Wildman–Crippen LogP) is 2.87. The topological polar surface area (TPSA) is 35.2 Å². The normalized spacial score (nSPS) is 9.86. The van der Waals surface area contributed by atoms with Crippen LogP contribution < -0.4 is 10.5 Å². The van der Waals surface area contributed by atoms with Crippen LogP contribution >= 0.6 is 28.1 Å². The third kappa shape index (κ3) is 2.96. The molecule has 1 aromatic carbocycles. The lowest BCUT2D eigenvalue weighted by Gasteiger charge is -2.07. The molecule has 4 heteroatoms. The first-order valence-electron chi connectivity index (χ1n) is 4.37. The lowest BCUT2D eigenvalue weighted by atomic mass is 10.2. The summed E-state index contributed by atoms with van der Waals surface area (Å²) in [7, 11) is 0. The van der Waals surface area contributed by atoms with E-state index < -0.39 is 0 Å². The van der Waals surface area contributed by atoms with Crippen molar-refractivity contribution in [1.82, 2.24) is 0 Å². The minimum Gasteiger partial charge on any atom is -0.494 e. The van der Waals surface area contributed by atoms with E-state index in [-0.39, 0.29) is 0 Å². The van der Waals surface area contributed by atoms with Gasteiger partial charge < -0.3 is 10.5 Å². The van der Waals surface area contributed by atoms with Crippen molar-refractivity contribution in [2.24, 2.45) is 5.73 Å². The molecule has 0 saturated carbocycles. The Labute approximate surface area is 97.6 Å². The molecule has 0 heterocycles. The lowest BCUT2D eigenvalue weighted by Crippen LogP contribution is -2.10. The van der Waals surface area contributed by atoms with Gasteiger partial charge in [-0.05, 0) is 40.5 Å². The molecule has 0 spiro atoms. The molecule has 76 valence electrons. The van der Waals surface area contributed by atoms with E-state index in [2.05, 4.69) is 22.9 Å². The van der Waals surface area contributed by atoms with Crippen molar-refractivity contribution < 1.29 is 4.74 Å². The molecule has 1 aromatic rings. The molecular weight excluding hydrogens is 262 g/mol. The summed E-state index contributed by atoms with van der Waals surface area (Å²) in [5.41, 5.74) is 6.36. The summed E-state index contributed by atoms with van der Waals surface area (Å²) in [5, 5.41) is 0. The van der Waals surface area contributed by atoms with Crippen molar-refractivity contribution in [2.45, 2.75) is 13.3 Å². The van der Waals surface area contributed by atoms with Gasteiger partial charge in [0.25, 0.3) is 0 Å². The van der Waals surface area contributed by atoms with E-state index in [9.17, 15) is 0 Å². The summed E-state index contributed by atoms with van der Waals surface area (Å²) in [5.74, 6) is 0.832. The third-order valence-electron chi connectivity index (χ3n) is 1.68. The highest BCUT2D eigenvalue weighted by Crippen LogP contribution is 2.23. The predicted molar refractivity (Wildman–Crippen MR) is 65.8 cm³/mol. The highest BCUT2D eigenvalue weighted by molar-refractivity contribution is 9.10. The van der Waals surface area contributed by atoms with Crippen molar-refractivity contribution in [2.75, 3.05) is 6.61 Å². The summed E-state index contributed by atoms with van der Waals surface area (Å²) in [6, 6.07) is 5.61. The molecule has 0 atom stereocenters. The molecule has 0 saturated heterocycles. The average molecular weight is 274 g/mol. The van der Waals surface area contributed by atoms with Crippen molar-refractivity contribution in [3.63, 3.8) is 0 Å². The summed E-state index contributed by atoms with van der Waals surface area (Å²) in [4.78, 5) is 0.388. The molecule has 0 radical (unpaired) electrons. The summed E-state index contributed by atoms with van der Waals surface area (Å²) in [6.45, 7) is 2.79. The number of hydrogen-bond donors (Lipinski definition) is 1. The second-order valence-electron chi connectivity index (χ2n) is 2.85. The van der Waals surface area contributed by atoms with Crippen LogP contribution in [0.25, 0.3) is 0 Å². The second-order valence-corrected chi connectivity index (χ2v) is 4.15. The smallest absolute Gasteiger partial charge is 0.120 e. The fraction of sp³-hybridized carbons (Fsp3) is 0.300. The summed E-state index contributed by atoms with van der Waals surface area (Å²) >= 11 is 8.28. The van der Waals surface area contributed by atoms with Gasteiger partial charge in [0, 0.05) is 10.0 Å². The molecule has 0 amide bonds. The first-order valence-corrected chi connectivity index (χ1v) is 5.57. The lowest BCUT2D eigenvalue weighted by molar-refractivity contribution is 0.317. The first kappa shape index (κ1) is 11.5. The monoisotopic (exact) mass is 273 g/mol. The van der Waals surface area contributed by atoms with Gasteiger partial charge in [0.15, 0.2) is 0 Å². The van der Waals surface area contributed by atoms with E-state index in [1.807, 2.05) is 18.2 Å². The Morgan fingerprint density at radius 2 is 2.29 bits per heavy atom. The third-order valence-corrected chi connectivity index (χ3v) is 2.55. The number of rotatable bonds is 4. The average Bonchev–Trinajstić information content (AvgIpc) is 2.14. The number of hydrogen-bond acceptors (Lipinski definition) is 2. The zero-order valence-electron chi connectivity index (χ0n) is 7.92. The molecule has 14 heavy (non-hydrogen) atoms. The summed E-state index contributed by atoms with van der Waals surface area (Å²) < 4.78 is 6.33. The van der Waals surface area contributed by atoms with Crippen LogP contribution in [-0.2, 0) is 0 Å². The van der Waals surface area contributed by atoms with Crippen molar-refractivity contribution in [3.8, 4) is 5.75 Å². The minimum atomic E-state index is 0.388. The molecular formula is C10H12BrNOS. The minimum absolute atomic E-state index is 0.388. The van der Waals surface area contributed by atoms with E-state index >= 15 is 0 Å². The van der Waals surface area contributed by atoms with Crippen molar-refractivity contribution in [3.05, 3.63) is 28.2 Å². The van der Waals surface area contributed by atoms with Gasteiger partial charge in [-0.1, -0.05) is 19.1 Å². The van der Waals surface area contributed by atoms with Crippen LogP contribution in [0.1, 0.15) is 18.9 Å². The molecule has 0 bridgehead atoms. The van der Waals surface area contributed by atoms with Gasteiger partial charge in [-0.25, -0.2) is 0 Å². The Morgan fingerprint density at radius 3 is 2.79 bits per heavy atom. The zero-order chi connectivity index (χ0) is 10.6. The molecule has 2 N–H and O–H groups in total. The molecule has 0 aromatic heterocycles. The maximum Gasteiger partial charge on any atom is 0.120 e. The van der Waals surface area contributed by atoms with E-state index in [1.54, 1.807) is 0 Å². The van der Waals surface area contributed by atoms with Crippen LogP contribution in [0, 0.1) is 0 Å². The van der Waals surface area contributed by atoms with Crippen molar-refractivity contribution in [1.29, 1.82) is 0 Å². The molecule has 0 aliphatic carbocycles. The highest BCUT2D eigenvalue weighted by atomic mass is 79.9. The van der Waals surface area contributed by atoms with Gasteiger partial charge in [0.1, 0.15) is 10.7 Å². The number of thiocarbonyl (C=S) groups is 1. The van der Waals surface area contributed by atoms with Crippen LogP contribution in [0.5, 0.6) is 5.75 Å². The maximum absolute atomic E-state index is 5.53. The molecule has 2 nitrogen and oxygen atoms in total. The number of nitrogens with two attached hydrogens (primary N) is 1. The van der Waals surface area contributed by atoms with Crippen LogP contribution in [0.4, 0.5) is 0 Å². The van der Waals surface area contributed by atoms with E-state index in [0.29, 0.717) is 4.99 Å². The van der Waals surface area contributed by atoms with Crippen LogP contribution in [0.3, 0.4) is 0 Å². The molecule has 0 aliphatic rings. The van der Waals surface area contributed by atoms with Crippen LogP contribution in [0.15, 0.2) is 22.7 Å². The van der Waals surface area contributed by atoms with E-state index in [0.717, 1.165) is 28.8 Å². The zero-order valence-corrected chi connectivity index (χ0v) is 10.3. The standard InChI is InChI=1S/C10H12BrNOS/c1-2-5-13-7-3-4-8(10(12)14)9(11)6-7/h3-4,6H,2,5H2,1H3,(H2,12,14). The van der Waals surface area contributed by atoms with E-state index in [4.69, 9.17) is 22.7 Å². The number of benzene rings is 1. The first-order chi connectivity index (χ1) is 6.65. The molecule has 0 unspecified atom stereocenters. The Hall–Kier alpha value is -0.610. The van der Waals surface area contributed by atoms with Crippen LogP contribution in [0.2, 0.25) is 0 Å². The Kier molecular flexibility index (Phi) is 4.35. The summed E-state index contributed by atoms with van der Waals surface area (Å²) in [6.07, 6.45) is 0.995. The van der Waals surface area contributed by atoms with Gasteiger partial charge in [-0.2, -0.15) is 0 Å². The van der Waals surface area contributed by atoms with E-state index in [1.165, 1.54) is 0 Å². The molecule has 0 aliphatic heterocycles. The second kappa shape index (κ2) is 5.32. The van der Waals surface area contributed by atoms with Crippen molar-refractivity contribution >= 4 is 33.1 Å². The SMILES string of the molecule is CCCOc1ccc(C(N)=S)c(Br)c1. The largest absolute Gasteiger partial charge is 0.494 e. The number of ether oxygens (including phenoxy) is 1. The fourth-order valence-corrected chi connectivity index (χ4v) is 1.89. The molecule has 1 rings (SSSR count). The molecule has 0 fully saturated rings. The Morgan fingerprint density at radius 1 is 1.57 bits per heavy atom. The number of halogens is 1. The Bertz CT molecular complexity index is 341. The van der Waals surface area contributed by atoms with Gasteiger partial charge in [-0.15, -0.1) is 0 Å². The van der Waals surface area contributed by atoms with Gasteiger partial charge in [-0.3, -0.25) is 0 Å².